The Morgan fingerprint density at radius 3 is 1.79 bits per heavy atom. The first-order valence-electron chi connectivity index (χ1n) is 4.35. The maximum atomic E-state index is 9.10. The lowest BCUT2D eigenvalue weighted by Gasteiger charge is -2.55. The van der Waals surface area contributed by atoms with E-state index in [-0.39, 0.29) is 0 Å². The Morgan fingerprint density at radius 2 is 1.71 bits per heavy atom. The average molecular weight is 202 g/mol. The summed E-state index contributed by atoms with van der Waals surface area (Å²) < 4.78 is 0. The highest BCUT2D eigenvalue weighted by molar-refractivity contribution is 6.27. The Labute approximate surface area is 81.5 Å². The highest BCUT2D eigenvalue weighted by atomic mass is 16.4. The smallest absolute Gasteiger partial charge is 0.414 e. The number of hydrogen-bond acceptors (Lipinski definition) is 4. The van der Waals surface area contributed by atoms with E-state index in [9.17, 15) is 0 Å². The fraction of sp³-hybridized carbons (Fsp3) is 0.750. The molecule has 6 heteroatoms. The number of rotatable bonds is 0. The molecule has 0 radical (unpaired) electrons. The van der Waals surface area contributed by atoms with Gasteiger partial charge in [-0.1, -0.05) is 0 Å². The minimum atomic E-state index is -1.82. The fourth-order valence-corrected chi connectivity index (χ4v) is 1.74. The third-order valence-electron chi connectivity index (χ3n) is 2.43. The largest absolute Gasteiger partial charge is 0.473 e. The Hall–Kier alpha value is -1.14. The fourth-order valence-electron chi connectivity index (χ4n) is 1.74. The molecule has 0 saturated carbocycles. The Balaban J connectivity index is 0.000000149. The number of aliphatic carboxylic acids is 2. The molecule has 2 aliphatic rings. The van der Waals surface area contributed by atoms with Crippen LogP contribution in [0.1, 0.15) is 6.42 Å². The lowest BCUT2D eigenvalue weighted by atomic mass is 9.81. The van der Waals surface area contributed by atoms with Crippen LogP contribution in [0.15, 0.2) is 0 Å². The highest BCUT2D eigenvalue weighted by Gasteiger charge is 2.45. The van der Waals surface area contributed by atoms with E-state index in [0.29, 0.717) is 5.54 Å². The van der Waals surface area contributed by atoms with Gasteiger partial charge in [0.15, 0.2) is 0 Å². The molecular formula is C8H14N2O4. The number of nitrogens with zero attached hydrogens (tertiary/aromatic N) is 1. The monoisotopic (exact) mass is 202 g/mol. The van der Waals surface area contributed by atoms with Crippen molar-refractivity contribution in [1.29, 1.82) is 0 Å². The van der Waals surface area contributed by atoms with Crippen LogP contribution in [0.4, 0.5) is 0 Å². The summed E-state index contributed by atoms with van der Waals surface area (Å²) in [7, 11) is 2.17. The molecule has 2 rings (SSSR count). The minimum absolute atomic E-state index is 0.592. The molecular weight excluding hydrogens is 188 g/mol. The maximum absolute atomic E-state index is 9.10. The molecule has 80 valence electrons. The van der Waals surface area contributed by atoms with E-state index in [1.807, 2.05) is 0 Å². The predicted molar refractivity (Wildman–Crippen MR) is 48.1 cm³/mol. The average Bonchev–Trinajstić information content (AvgIpc) is 1.96. The van der Waals surface area contributed by atoms with Crippen molar-refractivity contribution in [3.63, 3.8) is 0 Å². The SMILES string of the molecule is CN1CC2(CCN2)C1.O=C(O)C(=O)O. The molecule has 14 heavy (non-hydrogen) atoms. The third kappa shape index (κ3) is 2.43. The standard InChI is InChI=1S/C6H12N2.C2H2O4/c1-8-4-6(5-8)2-3-7-6;3-1(4)2(5)6/h7H,2-5H2,1H3;(H,3,4)(H,5,6). The van der Waals surface area contributed by atoms with Crippen LogP contribution in [0.25, 0.3) is 0 Å². The highest BCUT2D eigenvalue weighted by Crippen LogP contribution is 2.28. The number of nitrogens with one attached hydrogen (secondary N) is 1. The van der Waals surface area contributed by atoms with Crippen molar-refractivity contribution >= 4 is 11.9 Å². The van der Waals surface area contributed by atoms with Crippen LogP contribution in [0.2, 0.25) is 0 Å². The predicted octanol–water partition coefficient (Wildman–Crippen LogP) is -1.18. The summed E-state index contributed by atoms with van der Waals surface area (Å²) in [6, 6.07) is 0. The van der Waals surface area contributed by atoms with Gasteiger partial charge in [0.05, 0.1) is 0 Å². The molecule has 0 aromatic carbocycles. The van der Waals surface area contributed by atoms with Gasteiger partial charge in [0.1, 0.15) is 0 Å². The van der Waals surface area contributed by atoms with Gasteiger partial charge in [0.2, 0.25) is 0 Å². The summed E-state index contributed by atoms with van der Waals surface area (Å²) in [5.41, 5.74) is 0.592. The molecule has 6 nitrogen and oxygen atoms in total. The second-order valence-electron chi connectivity index (χ2n) is 3.74. The number of likely N-dealkylation sites (N-methyl/N-ethyl adjacent to an activating group) is 1. The second kappa shape index (κ2) is 3.93. The zero-order chi connectivity index (χ0) is 10.8. The van der Waals surface area contributed by atoms with E-state index >= 15 is 0 Å². The number of carboxylic acid groups (broad SMARTS) is 2. The number of hydrogen-bond donors (Lipinski definition) is 3. The lowest BCUT2D eigenvalue weighted by Crippen LogP contribution is -2.74. The van der Waals surface area contributed by atoms with Gasteiger partial charge in [-0.25, -0.2) is 9.59 Å². The Morgan fingerprint density at radius 1 is 1.29 bits per heavy atom. The lowest BCUT2D eigenvalue weighted by molar-refractivity contribution is -0.159. The zero-order valence-electron chi connectivity index (χ0n) is 7.99. The van der Waals surface area contributed by atoms with E-state index in [4.69, 9.17) is 19.8 Å². The molecule has 0 aromatic heterocycles. The van der Waals surface area contributed by atoms with Gasteiger partial charge < -0.3 is 20.4 Å². The first-order valence-corrected chi connectivity index (χ1v) is 4.35. The third-order valence-corrected chi connectivity index (χ3v) is 2.43. The van der Waals surface area contributed by atoms with Crippen molar-refractivity contribution in [2.45, 2.75) is 12.0 Å². The van der Waals surface area contributed by atoms with Crippen LogP contribution in [-0.4, -0.2) is 59.3 Å². The quantitative estimate of drug-likeness (QED) is 0.428. The number of carbonyl (C=O) groups is 2. The normalized spacial score (nSPS) is 22.6. The van der Waals surface area contributed by atoms with Crippen LogP contribution >= 0.6 is 0 Å². The van der Waals surface area contributed by atoms with Crippen molar-refractivity contribution < 1.29 is 19.8 Å². The molecule has 0 aromatic rings. The van der Waals surface area contributed by atoms with Crippen molar-refractivity contribution in [3.05, 3.63) is 0 Å². The summed E-state index contributed by atoms with van der Waals surface area (Å²) in [6.45, 7) is 3.79. The Kier molecular flexibility index (Phi) is 3.07. The number of carboxylic acids is 2. The molecule has 2 saturated heterocycles. The van der Waals surface area contributed by atoms with E-state index in [0.717, 1.165) is 0 Å². The zero-order valence-corrected chi connectivity index (χ0v) is 7.99. The maximum Gasteiger partial charge on any atom is 0.414 e. The number of likely N-dealkylation sites (tertiary alicyclic amines) is 1. The summed E-state index contributed by atoms with van der Waals surface area (Å²) >= 11 is 0. The van der Waals surface area contributed by atoms with Crippen LogP contribution in [0, 0.1) is 0 Å². The minimum Gasteiger partial charge on any atom is -0.473 e. The molecule has 2 fully saturated rings. The summed E-state index contributed by atoms with van der Waals surface area (Å²) in [4.78, 5) is 20.6. The van der Waals surface area contributed by atoms with Crippen LogP contribution < -0.4 is 5.32 Å². The van der Waals surface area contributed by atoms with Crippen LogP contribution in [-0.2, 0) is 9.59 Å². The van der Waals surface area contributed by atoms with Crippen molar-refractivity contribution in [1.82, 2.24) is 10.2 Å². The molecule has 3 N–H and O–H groups in total. The second-order valence-corrected chi connectivity index (χ2v) is 3.74. The molecule has 0 aliphatic carbocycles. The van der Waals surface area contributed by atoms with E-state index in [1.165, 1.54) is 26.1 Å². The molecule has 0 atom stereocenters. The van der Waals surface area contributed by atoms with Crippen molar-refractivity contribution in [2.75, 3.05) is 26.7 Å². The van der Waals surface area contributed by atoms with Gasteiger partial charge in [-0.2, -0.15) is 0 Å². The molecule has 2 heterocycles. The van der Waals surface area contributed by atoms with Gasteiger partial charge in [-0.3, -0.25) is 0 Å². The molecule has 1 spiro atoms. The van der Waals surface area contributed by atoms with Crippen molar-refractivity contribution in [3.8, 4) is 0 Å². The summed E-state index contributed by atoms with van der Waals surface area (Å²) in [5.74, 6) is -3.65. The first kappa shape index (κ1) is 10.9. The van der Waals surface area contributed by atoms with Gasteiger partial charge in [-0.05, 0) is 20.0 Å². The van der Waals surface area contributed by atoms with Gasteiger partial charge in [0, 0.05) is 18.6 Å². The molecule has 2 aliphatic heterocycles. The molecule has 0 unspecified atom stereocenters. The van der Waals surface area contributed by atoms with Crippen LogP contribution in [0.5, 0.6) is 0 Å². The molecule has 0 bridgehead atoms. The molecule has 0 amide bonds. The van der Waals surface area contributed by atoms with Gasteiger partial charge in [0.25, 0.3) is 0 Å². The first-order chi connectivity index (χ1) is 6.45. The van der Waals surface area contributed by atoms with Crippen LogP contribution in [0.3, 0.4) is 0 Å². The summed E-state index contributed by atoms with van der Waals surface area (Å²) in [5, 5.41) is 18.2. The topological polar surface area (TPSA) is 89.9 Å². The van der Waals surface area contributed by atoms with E-state index in [1.54, 1.807) is 0 Å². The van der Waals surface area contributed by atoms with Gasteiger partial charge in [-0.15, -0.1) is 0 Å². The summed E-state index contributed by atoms with van der Waals surface area (Å²) in [6.07, 6.45) is 1.40. The van der Waals surface area contributed by atoms with E-state index in [2.05, 4.69) is 17.3 Å². The Bertz CT molecular complexity index is 230. The van der Waals surface area contributed by atoms with E-state index < -0.39 is 11.9 Å². The van der Waals surface area contributed by atoms with Crippen molar-refractivity contribution in [2.24, 2.45) is 0 Å². The van der Waals surface area contributed by atoms with Gasteiger partial charge >= 0.3 is 11.9 Å².